The largest absolute Gasteiger partial charge is 0.325 e. The molecule has 1 atom stereocenters. The van der Waals surface area contributed by atoms with Gasteiger partial charge < -0.3 is 5.32 Å². The highest BCUT2D eigenvalue weighted by atomic mass is 32.2. The van der Waals surface area contributed by atoms with Crippen molar-refractivity contribution in [3.63, 3.8) is 0 Å². The Kier molecular flexibility index (Phi) is 6.35. The van der Waals surface area contributed by atoms with Crippen LogP contribution in [0.15, 0.2) is 23.4 Å². The molecule has 0 aliphatic heterocycles. The van der Waals surface area contributed by atoms with Gasteiger partial charge in [0.05, 0.1) is 5.25 Å². The first-order valence-electron chi connectivity index (χ1n) is 9.47. The van der Waals surface area contributed by atoms with Gasteiger partial charge in [-0.25, -0.2) is 4.98 Å². The van der Waals surface area contributed by atoms with Gasteiger partial charge in [0.1, 0.15) is 5.82 Å². The van der Waals surface area contributed by atoms with E-state index < -0.39 is 0 Å². The lowest BCUT2D eigenvalue weighted by Gasteiger charge is -2.12. The molecule has 140 valence electrons. The molecule has 1 aliphatic carbocycles. The predicted octanol–water partition coefficient (Wildman–Crippen LogP) is 4.66. The number of amides is 1. The lowest BCUT2D eigenvalue weighted by atomic mass is 10.0. The van der Waals surface area contributed by atoms with Crippen molar-refractivity contribution in [3.05, 3.63) is 35.2 Å². The molecule has 1 aromatic heterocycles. The van der Waals surface area contributed by atoms with Gasteiger partial charge in [0.25, 0.3) is 0 Å². The van der Waals surface area contributed by atoms with Crippen molar-refractivity contribution in [2.24, 2.45) is 5.92 Å². The number of carbonyl (C=O) groups excluding carboxylic acids is 1. The zero-order chi connectivity index (χ0) is 18.5. The minimum atomic E-state index is -0.255. The Morgan fingerprint density at radius 3 is 2.85 bits per heavy atom. The van der Waals surface area contributed by atoms with Crippen LogP contribution in [0.4, 0.5) is 5.69 Å². The van der Waals surface area contributed by atoms with Gasteiger partial charge in [-0.3, -0.25) is 9.89 Å². The lowest BCUT2D eigenvalue weighted by molar-refractivity contribution is -0.115. The summed E-state index contributed by atoms with van der Waals surface area (Å²) in [5.74, 6) is 1.75. The molecule has 1 unspecified atom stereocenters. The monoisotopic (exact) mass is 372 g/mol. The third-order valence-corrected chi connectivity index (χ3v) is 6.03. The Morgan fingerprint density at radius 1 is 1.35 bits per heavy atom. The zero-order valence-electron chi connectivity index (χ0n) is 15.8. The van der Waals surface area contributed by atoms with Crippen molar-refractivity contribution in [1.29, 1.82) is 0 Å². The number of hydrogen-bond donors (Lipinski definition) is 2. The maximum absolute atomic E-state index is 12.5. The Morgan fingerprint density at radius 2 is 2.12 bits per heavy atom. The minimum Gasteiger partial charge on any atom is -0.325 e. The maximum atomic E-state index is 12.5. The van der Waals surface area contributed by atoms with E-state index in [9.17, 15) is 4.79 Å². The van der Waals surface area contributed by atoms with E-state index in [1.807, 2.05) is 32.9 Å². The second-order valence-electron chi connectivity index (χ2n) is 7.32. The first kappa shape index (κ1) is 19.0. The summed E-state index contributed by atoms with van der Waals surface area (Å²) in [7, 11) is 0. The van der Waals surface area contributed by atoms with E-state index in [2.05, 4.69) is 26.6 Å². The summed E-state index contributed by atoms with van der Waals surface area (Å²) in [6.45, 7) is 5.94. The molecule has 1 amide bonds. The van der Waals surface area contributed by atoms with Crippen LogP contribution >= 0.6 is 11.8 Å². The summed E-state index contributed by atoms with van der Waals surface area (Å²) in [5.41, 5.74) is 3.12. The van der Waals surface area contributed by atoms with E-state index in [1.54, 1.807) is 0 Å². The van der Waals surface area contributed by atoms with E-state index in [0.29, 0.717) is 5.16 Å². The second kappa shape index (κ2) is 8.71. The second-order valence-corrected chi connectivity index (χ2v) is 8.63. The van der Waals surface area contributed by atoms with E-state index in [-0.39, 0.29) is 11.2 Å². The van der Waals surface area contributed by atoms with Crippen molar-refractivity contribution in [2.75, 3.05) is 5.32 Å². The molecule has 6 heteroatoms. The molecule has 1 heterocycles. The van der Waals surface area contributed by atoms with Gasteiger partial charge in [0.15, 0.2) is 0 Å². The van der Waals surface area contributed by atoms with Gasteiger partial charge in [-0.05, 0) is 44.7 Å². The van der Waals surface area contributed by atoms with E-state index in [1.165, 1.54) is 49.4 Å². The smallest absolute Gasteiger partial charge is 0.237 e. The van der Waals surface area contributed by atoms with Crippen LogP contribution in [0.5, 0.6) is 0 Å². The zero-order valence-corrected chi connectivity index (χ0v) is 16.7. The van der Waals surface area contributed by atoms with Crippen molar-refractivity contribution in [1.82, 2.24) is 15.2 Å². The molecular formula is C20H28N4OS. The van der Waals surface area contributed by atoms with Crippen molar-refractivity contribution >= 4 is 23.4 Å². The fourth-order valence-electron chi connectivity index (χ4n) is 3.48. The summed E-state index contributed by atoms with van der Waals surface area (Å²) in [6, 6.07) is 6.03. The molecule has 1 saturated carbocycles. The van der Waals surface area contributed by atoms with Crippen molar-refractivity contribution < 1.29 is 4.79 Å². The predicted molar refractivity (Wildman–Crippen MR) is 107 cm³/mol. The average molecular weight is 373 g/mol. The highest BCUT2D eigenvalue weighted by Gasteiger charge is 2.19. The minimum absolute atomic E-state index is 0.0285. The summed E-state index contributed by atoms with van der Waals surface area (Å²) in [5, 5.41) is 10.7. The molecule has 1 aliphatic rings. The molecule has 1 aromatic carbocycles. The standard InChI is InChI=1S/C20H28N4OS/c1-13-8-10-17(14(2)12-13)21-19(25)15(3)26-20-22-18(23-24-20)11-9-16-6-4-5-7-16/h8,10,12,15-16H,4-7,9,11H2,1-3H3,(H,21,25)(H,22,23,24). The van der Waals surface area contributed by atoms with Crippen LogP contribution in [0, 0.1) is 19.8 Å². The molecule has 0 saturated heterocycles. The molecule has 3 rings (SSSR count). The molecule has 0 bridgehead atoms. The number of aryl methyl sites for hydroxylation is 3. The number of hydrogen-bond acceptors (Lipinski definition) is 4. The number of nitrogens with zero attached hydrogens (tertiary/aromatic N) is 2. The van der Waals surface area contributed by atoms with Crippen molar-refractivity contribution in [2.45, 2.75) is 69.7 Å². The summed E-state index contributed by atoms with van der Waals surface area (Å²) in [4.78, 5) is 17.0. The number of thioether (sulfide) groups is 1. The topological polar surface area (TPSA) is 70.7 Å². The molecule has 2 aromatic rings. The van der Waals surface area contributed by atoms with Crippen LogP contribution < -0.4 is 5.32 Å². The van der Waals surface area contributed by atoms with Gasteiger partial charge in [0, 0.05) is 12.1 Å². The van der Waals surface area contributed by atoms with Crippen LogP contribution in [0.3, 0.4) is 0 Å². The number of nitrogens with one attached hydrogen (secondary N) is 2. The maximum Gasteiger partial charge on any atom is 0.237 e. The molecule has 5 nitrogen and oxygen atoms in total. The summed E-state index contributed by atoms with van der Waals surface area (Å²) < 4.78 is 0. The highest BCUT2D eigenvalue weighted by molar-refractivity contribution is 8.00. The van der Waals surface area contributed by atoms with Crippen LogP contribution in [-0.2, 0) is 11.2 Å². The van der Waals surface area contributed by atoms with Crippen LogP contribution in [0.1, 0.15) is 56.0 Å². The number of benzene rings is 1. The number of anilines is 1. The van der Waals surface area contributed by atoms with E-state index >= 15 is 0 Å². The normalized spacial score (nSPS) is 16.0. The molecule has 0 radical (unpaired) electrons. The lowest BCUT2D eigenvalue weighted by Crippen LogP contribution is -2.23. The molecule has 0 spiro atoms. The van der Waals surface area contributed by atoms with Crippen LogP contribution in [-0.4, -0.2) is 26.3 Å². The van der Waals surface area contributed by atoms with E-state index in [0.717, 1.165) is 29.4 Å². The Hall–Kier alpha value is -1.82. The van der Waals surface area contributed by atoms with E-state index in [4.69, 9.17) is 0 Å². The third kappa shape index (κ3) is 5.10. The average Bonchev–Trinajstić information content (AvgIpc) is 3.27. The number of H-pyrrole nitrogens is 1. The van der Waals surface area contributed by atoms with Crippen molar-refractivity contribution in [3.8, 4) is 0 Å². The Bertz CT molecular complexity index is 752. The fourth-order valence-corrected chi connectivity index (χ4v) is 4.23. The molecule has 26 heavy (non-hydrogen) atoms. The van der Waals surface area contributed by atoms with Gasteiger partial charge in [-0.15, -0.1) is 5.10 Å². The molecule has 2 N–H and O–H groups in total. The number of carbonyl (C=O) groups is 1. The van der Waals surface area contributed by atoms with Crippen LogP contribution in [0.2, 0.25) is 0 Å². The summed E-state index contributed by atoms with van der Waals surface area (Å²) >= 11 is 1.39. The number of rotatable bonds is 7. The van der Waals surface area contributed by atoms with Crippen LogP contribution in [0.25, 0.3) is 0 Å². The number of aromatic amines is 1. The summed E-state index contributed by atoms with van der Waals surface area (Å²) in [6.07, 6.45) is 7.57. The first-order valence-corrected chi connectivity index (χ1v) is 10.4. The highest BCUT2D eigenvalue weighted by Crippen LogP contribution is 2.28. The molecule has 1 fully saturated rings. The fraction of sp³-hybridized carbons (Fsp3) is 0.550. The molecular weight excluding hydrogens is 344 g/mol. The Labute approximate surface area is 159 Å². The third-order valence-electron chi connectivity index (χ3n) is 5.07. The van der Waals surface area contributed by atoms with Gasteiger partial charge in [-0.1, -0.05) is 55.1 Å². The quantitative estimate of drug-likeness (QED) is 0.693. The Balaban J connectivity index is 1.50. The first-order chi connectivity index (χ1) is 12.5. The van der Waals surface area contributed by atoms with Gasteiger partial charge >= 0.3 is 0 Å². The number of aromatic nitrogens is 3. The van der Waals surface area contributed by atoms with Gasteiger partial charge in [0.2, 0.25) is 11.1 Å². The van der Waals surface area contributed by atoms with Gasteiger partial charge in [-0.2, -0.15) is 0 Å². The SMILES string of the molecule is Cc1ccc(NC(=O)C(C)Sc2n[nH]c(CCC3CCCC3)n2)c(C)c1.